The van der Waals surface area contributed by atoms with Gasteiger partial charge in [0.05, 0.1) is 17.5 Å². The standard InChI is InChI=1S/C25H42N4O13S/c1-9-2-4-10(5-3-9)43(36,37)38-8-14-16(30)15(29)18(32)24(40-14)41-22-11(27)6-12(28)23(21(22)35)42-25-20(34)19(33)17(31)13(7-26)39-25/h2-5,11-25,30-35H,6-8,26-29H2,1H3/t11-,12?,13?,14-,15-,16?,17-,18-,19+,20?,21-,22?,23-,24?,25-/m1/s1. The maximum Gasteiger partial charge on any atom is 0.297 e. The summed E-state index contributed by atoms with van der Waals surface area (Å²) in [5.41, 5.74) is 24.8. The lowest BCUT2D eigenvalue weighted by Gasteiger charge is -2.48. The number of aliphatic hydroxyl groups is 6. The van der Waals surface area contributed by atoms with Crippen molar-refractivity contribution in [3.8, 4) is 0 Å². The molecule has 0 spiro atoms. The predicted octanol–water partition coefficient (Wildman–Crippen LogP) is -5.57. The summed E-state index contributed by atoms with van der Waals surface area (Å²) in [4.78, 5) is -0.119. The van der Waals surface area contributed by atoms with Crippen LogP contribution in [0.5, 0.6) is 0 Å². The average molecular weight is 639 g/mol. The first-order valence-corrected chi connectivity index (χ1v) is 15.2. The monoisotopic (exact) mass is 638 g/mol. The molecule has 17 nitrogen and oxygen atoms in total. The van der Waals surface area contributed by atoms with E-state index in [4.69, 9.17) is 46.1 Å². The summed E-state index contributed by atoms with van der Waals surface area (Å²) in [5.74, 6) is 0. The molecule has 0 radical (unpaired) electrons. The minimum absolute atomic E-state index is 0.0134. The van der Waals surface area contributed by atoms with Crippen LogP contribution in [0.1, 0.15) is 12.0 Å². The van der Waals surface area contributed by atoms with Crippen LogP contribution in [0.2, 0.25) is 0 Å². The second kappa shape index (κ2) is 13.9. The van der Waals surface area contributed by atoms with Crippen LogP contribution in [0.4, 0.5) is 0 Å². The quantitative estimate of drug-likeness (QED) is 0.113. The molecular weight excluding hydrogens is 596 g/mol. The van der Waals surface area contributed by atoms with Gasteiger partial charge < -0.3 is 72.5 Å². The summed E-state index contributed by atoms with van der Waals surface area (Å²) in [6.45, 7) is 0.898. The van der Waals surface area contributed by atoms with Crippen LogP contribution < -0.4 is 22.9 Å². The summed E-state index contributed by atoms with van der Waals surface area (Å²) in [6, 6.07) is 2.68. The summed E-state index contributed by atoms with van der Waals surface area (Å²) >= 11 is 0. The number of rotatable bonds is 9. The second-order valence-electron chi connectivity index (χ2n) is 11.2. The number of hydrogen-bond acceptors (Lipinski definition) is 17. The van der Waals surface area contributed by atoms with E-state index >= 15 is 0 Å². The molecule has 1 aliphatic carbocycles. The zero-order chi connectivity index (χ0) is 31.8. The summed E-state index contributed by atoms with van der Waals surface area (Å²) < 4.78 is 53.1. The van der Waals surface area contributed by atoms with E-state index in [2.05, 4.69) is 0 Å². The largest absolute Gasteiger partial charge is 0.389 e. The van der Waals surface area contributed by atoms with Gasteiger partial charge in [0.15, 0.2) is 12.6 Å². The molecule has 15 atom stereocenters. The average Bonchev–Trinajstić information content (AvgIpc) is 2.96. The van der Waals surface area contributed by atoms with Gasteiger partial charge in [0.1, 0.15) is 61.0 Å². The van der Waals surface area contributed by atoms with Crippen molar-refractivity contribution >= 4 is 10.1 Å². The van der Waals surface area contributed by atoms with Gasteiger partial charge in [-0.05, 0) is 25.5 Å². The predicted molar refractivity (Wildman–Crippen MR) is 145 cm³/mol. The second-order valence-corrected chi connectivity index (χ2v) is 12.8. The van der Waals surface area contributed by atoms with Crippen LogP contribution >= 0.6 is 0 Å². The Balaban J connectivity index is 1.45. The van der Waals surface area contributed by atoms with Crippen molar-refractivity contribution in [2.75, 3.05) is 13.2 Å². The van der Waals surface area contributed by atoms with Crippen LogP contribution in [0.3, 0.4) is 0 Å². The molecule has 1 saturated carbocycles. The lowest BCUT2D eigenvalue weighted by Crippen LogP contribution is -2.68. The third-order valence-corrected chi connectivity index (χ3v) is 9.30. The van der Waals surface area contributed by atoms with Gasteiger partial charge in [-0.25, -0.2) is 0 Å². The maximum absolute atomic E-state index is 12.6. The van der Waals surface area contributed by atoms with E-state index in [0.717, 1.165) is 5.56 Å². The fourth-order valence-corrected chi connectivity index (χ4v) is 6.24. The summed E-state index contributed by atoms with van der Waals surface area (Å²) in [6.07, 6.45) is -17.8. The van der Waals surface area contributed by atoms with E-state index in [0.29, 0.717) is 0 Å². The molecule has 1 aromatic carbocycles. The molecule has 14 N–H and O–H groups in total. The van der Waals surface area contributed by atoms with Crippen LogP contribution in [-0.4, -0.2) is 144 Å². The number of aliphatic hydroxyl groups excluding tert-OH is 6. The Kier molecular flexibility index (Phi) is 11.1. The smallest absolute Gasteiger partial charge is 0.297 e. The first-order valence-electron chi connectivity index (χ1n) is 13.8. The van der Waals surface area contributed by atoms with Gasteiger partial charge in [-0.3, -0.25) is 4.18 Å². The fourth-order valence-electron chi connectivity index (χ4n) is 5.32. The molecule has 0 bridgehead atoms. The highest BCUT2D eigenvalue weighted by molar-refractivity contribution is 7.86. The molecule has 1 aromatic rings. The van der Waals surface area contributed by atoms with Gasteiger partial charge in [0, 0.05) is 18.6 Å². The van der Waals surface area contributed by atoms with E-state index in [-0.39, 0.29) is 17.9 Å². The zero-order valence-electron chi connectivity index (χ0n) is 23.3. The SMILES string of the molecule is Cc1ccc(S(=O)(=O)OC[C@H]2OC(OC3[C@H](N)CC(N)[C@@H](O[C@H]4OC(CN)[C@@H](O)[C@H](O)C4O)[C@@H]3O)[C@H](O)[C@H](N)C2O)cc1. The van der Waals surface area contributed by atoms with Crippen LogP contribution in [0.25, 0.3) is 0 Å². The maximum atomic E-state index is 12.6. The molecule has 2 aliphatic heterocycles. The molecular formula is C25H42N4O13S. The van der Waals surface area contributed by atoms with Crippen molar-refractivity contribution in [2.45, 2.75) is 110 Å². The van der Waals surface area contributed by atoms with Crippen molar-refractivity contribution in [1.29, 1.82) is 0 Å². The minimum atomic E-state index is -4.24. The van der Waals surface area contributed by atoms with Crippen LogP contribution in [0, 0.1) is 6.92 Å². The van der Waals surface area contributed by atoms with E-state index in [9.17, 15) is 39.1 Å². The topological polar surface area (TPSA) is 306 Å². The van der Waals surface area contributed by atoms with Gasteiger partial charge in [0.2, 0.25) is 0 Å². The lowest BCUT2D eigenvalue weighted by atomic mass is 9.84. The van der Waals surface area contributed by atoms with Crippen molar-refractivity contribution < 1.29 is 62.2 Å². The third-order valence-electron chi connectivity index (χ3n) is 8.00. The molecule has 0 aromatic heterocycles. The summed E-state index contributed by atoms with van der Waals surface area (Å²) in [7, 11) is -4.24. The highest BCUT2D eigenvalue weighted by Crippen LogP contribution is 2.31. The Hall–Kier alpha value is -1.43. The number of nitrogens with two attached hydrogens (primary N) is 4. The number of hydrogen-bond donors (Lipinski definition) is 10. The van der Waals surface area contributed by atoms with Crippen molar-refractivity contribution in [2.24, 2.45) is 22.9 Å². The zero-order valence-corrected chi connectivity index (χ0v) is 24.2. The van der Waals surface area contributed by atoms with Gasteiger partial charge in [-0.15, -0.1) is 0 Å². The van der Waals surface area contributed by atoms with E-state index < -0.39 is 108 Å². The highest BCUT2D eigenvalue weighted by Gasteiger charge is 2.51. The molecule has 2 heterocycles. The molecule has 3 fully saturated rings. The molecule has 3 aliphatic rings. The summed E-state index contributed by atoms with van der Waals surface area (Å²) in [5, 5.41) is 63.1. The Morgan fingerprint density at radius 3 is 1.86 bits per heavy atom. The molecule has 4 rings (SSSR count). The van der Waals surface area contributed by atoms with Gasteiger partial charge in [-0.1, -0.05) is 17.7 Å². The Bertz CT molecular complexity index is 1160. The van der Waals surface area contributed by atoms with E-state index in [1.54, 1.807) is 19.1 Å². The highest BCUT2D eigenvalue weighted by atomic mass is 32.2. The number of ether oxygens (including phenoxy) is 4. The number of benzene rings is 1. The molecule has 0 amide bonds. The molecule has 6 unspecified atom stereocenters. The number of aryl methyl sites for hydroxylation is 1. The first-order chi connectivity index (χ1) is 20.2. The van der Waals surface area contributed by atoms with Crippen LogP contribution in [-0.2, 0) is 33.2 Å². The van der Waals surface area contributed by atoms with Gasteiger partial charge >= 0.3 is 0 Å². The third kappa shape index (κ3) is 7.36. The van der Waals surface area contributed by atoms with Crippen molar-refractivity contribution in [3.05, 3.63) is 29.8 Å². The van der Waals surface area contributed by atoms with Crippen molar-refractivity contribution in [3.63, 3.8) is 0 Å². The van der Waals surface area contributed by atoms with E-state index in [1.165, 1.54) is 12.1 Å². The molecule has 2 saturated heterocycles. The minimum Gasteiger partial charge on any atom is -0.389 e. The fraction of sp³-hybridized carbons (Fsp3) is 0.760. The van der Waals surface area contributed by atoms with Gasteiger partial charge in [0.25, 0.3) is 10.1 Å². The molecule has 246 valence electrons. The molecule has 18 heteroatoms. The lowest BCUT2D eigenvalue weighted by molar-refractivity contribution is -0.331. The Labute approximate surface area is 248 Å². The Morgan fingerprint density at radius 1 is 0.767 bits per heavy atom. The van der Waals surface area contributed by atoms with Crippen molar-refractivity contribution in [1.82, 2.24) is 0 Å². The first kappa shape index (κ1) is 34.4. The molecule has 43 heavy (non-hydrogen) atoms. The van der Waals surface area contributed by atoms with E-state index in [1.807, 2.05) is 0 Å². The van der Waals surface area contributed by atoms with Crippen LogP contribution in [0.15, 0.2) is 29.2 Å². The Morgan fingerprint density at radius 2 is 1.30 bits per heavy atom. The van der Waals surface area contributed by atoms with Gasteiger partial charge in [-0.2, -0.15) is 8.42 Å². The normalized spacial score (nSPS) is 44.3.